The predicted molar refractivity (Wildman–Crippen MR) is 70.9 cm³/mol. The van der Waals surface area contributed by atoms with E-state index in [0.29, 0.717) is 30.2 Å². The molecule has 0 bridgehead atoms. The number of benzene rings is 1. The van der Waals surface area contributed by atoms with Gasteiger partial charge in [0.15, 0.2) is 5.82 Å². The first-order valence-electron chi connectivity index (χ1n) is 6.06. The Hall–Kier alpha value is -2.02. The van der Waals surface area contributed by atoms with Crippen molar-refractivity contribution in [1.82, 2.24) is 25.5 Å². The molecule has 0 aliphatic carbocycles. The molecule has 1 aromatic carbocycles. The first-order valence-corrected chi connectivity index (χ1v) is 6.60. The van der Waals surface area contributed by atoms with Crippen molar-refractivity contribution >= 4 is 17.5 Å². The van der Waals surface area contributed by atoms with Gasteiger partial charge in [-0.3, -0.25) is 4.79 Å². The maximum Gasteiger partial charge on any atom is 0.220 e. The van der Waals surface area contributed by atoms with Gasteiger partial charge in [0, 0.05) is 12.3 Å². The molecule has 0 saturated heterocycles. The summed E-state index contributed by atoms with van der Waals surface area (Å²) in [5.74, 6) is 0.466. The Morgan fingerprint density at radius 2 is 2.10 bits per heavy atom. The Morgan fingerprint density at radius 3 is 2.80 bits per heavy atom. The number of tetrazole rings is 1. The molecule has 8 heteroatoms. The Morgan fingerprint density at radius 1 is 1.35 bits per heavy atom. The van der Waals surface area contributed by atoms with Crippen molar-refractivity contribution in [1.29, 1.82) is 0 Å². The first-order chi connectivity index (χ1) is 9.70. The fraction of sp³-hybridized carbons (Fsp3) is 0.333. The van der Waals surface area contributed by atoms with Gasteiger partial charge in [0.05, 0.1) is 12.2 Å². The number of amides is 1. The Labute approximate surface area is 119 Å². The second kappa shape index (κ2) is 6.95. The number of carbonyl (C=O) groups is 1. The topological polar surface area (TPSA) is 72.7 Å². The average Bonchev–Trinajstić information content (AvgIpc) is 2.92. The molecule has 6 nitrogen and oxygen atoms in total. The molecule has 1 amide bonds. The lowest BCUT2D eigenvalue weighted by Gasteiger charge is -2.06. The van der Waals surface area contributed by atoms with Gasteiger partial charge in [-0.2, -0.15) is 4.68 Å². The van der Waals surface area contributed by atoms with E-state index in [1.807, 2.05) is 0 Å². The van der Waals surface area contributed by atoms with E-state index in [4.69, 9.17) is 11.6 Å². The molecule has 1 aromatic heterocycles. The van der Waals surface area contributed by atoms with Crippen molar-refractivity contribution in [2.75, 3.05) is 5.88 Å². The molecule has 0 radical (unpaired) electrons. The summed E-state index contributed by atoms with van der Waals surface area (Å²) >= 11 is 5.52. The van der Waals surface area contributed by atoms with Gasteiger partial charge in [0.1, 0.15) is 5.82 Å². The number of hydrogen-bond acceptors (Lipinski definition) is 4. The zero-order valence-electron chi connectivity index (χ0n) is 10.6. The number of hydrogen-bond donors (Lipinski definition) is 1. The fourth-order valence-corrected chi connectivity index (χ4v) is 1.73. The van der Waals surface area contributed by atoms with Crippen molar-refractivity contribution in [2.45, 2.75) is 19.4 Å². The molecule has 0 aliphatic rings. The maximum atomic E-state index is 12.9. The summed E-state index contributed by atoms with van der Waals surface area (Å²) in [6.45, 7) is 0.200. The molecule has 0 spiro atoms. The quantitative estimate of drug-likeness (QED) is 0.819. The van der Waals surface area contributed by atoms with Crippen molar-refractivity contribution in [3.63, 3.8) is 0 Å². The van der Waals surface area contributed by atoms with E-state index in [1.165, 1.54) is 16.8 Å². The minimum absolute atomic E-state index is 0.112. The molecule has 0 atom stereocenters. The van der Waals surface area contributed by atoms with Crippen molar-refractivity contribution in [3.05, 3.63) is 35.9 Å². The van der Waals surface area contributed by atoms with Gasteiger partial charge in [0.25, 0.3) is 0 Å². The molecule has 0 unspecified atom stereocenters. The number of alkyl halides is 1. The summed E-state index contributed by atoms with van der Waals surface area (Å²) in [7, 11) is 0. The lowest BCUT2D eigenvalue weighted by Crippen LogP contribution is -2.24. The number of aromatic nitrogens is 4. The highest BCUT2D eigenvalue weighted by molar-refractivity contribution is 6.17. The Bertz CT molecular complexity index is 571. The third-order valence-electron chi connectivity index (χ3n) is 2.59. The van der Waals surface area contributed by atoms with Crippen molar-refractivity contribution in [3.8, 4) is 5.69 Å². The summed E-state index contributed by atoms with van der Waals surface area (Å²) in [6.07, 6.45) is 0.984. The number of carbonyl (C=O) groups excluding carboxylic acids is 1. The Kier molecular flexibility index (Phi) is 5.00. The molecular weight excluding hydrogens is 285 g/mol. The van der Waals surface area contributed by atoms with Gasteiger partial charge in [-0.05, 0) is 41.1 Å². The minimum Gasteiger partial charge on any atom is -0.349 e. The van der Waals surface area contributed by atoms with Crippen LogP contribution in [0.2, 0.25) is 0 Å². The monoisotopic (exact) mass is 297 g/mol. The lowest BCUT2D eigenvalue weighted by atomic mass is 10.3. The summed E-state index contributed by atoms with van der Waals surface area (Å²) in [6, 6.07) is 5.76. The second-order valence-corrected chi connectivity index (χ2v) is 4.43. The molecule has 0 saturated carbocycles. The first kappa shape index (κ1) is 14.4. The Balaban J connectivity index is 2.02. The normalized spacial score (nSPS) is 10.5. The largest absolute Gasteiger partial charge is 0.349 e. The minimum atomic E-state index is -0.335. The highest BCUT2D eigenvalue weighted by atomic mass is 35.5. The molecule has 106 valence electrons. The van der Waals surface area contributed by atoms with Crippen LogP contribution >= 0.6 is 11.6 Å². The maximum absolute atomic E-state index is 12.9. The fourth-order valence-electron chi connectivity index (χ4n) is 1.59. The number of nitrogens with zero attached hydrogens (tertiary/aromatic N) is 4. The highest BCUT2D eigenvalue weighted by Gasteiger charge is 2.09. The zero-order valence-corrected chi connectivity index (χ0v) is 11.3. The number of halogens is 2. The summed E-state index contributed by atoms with van der Waals surface area (Å²) in [5, 5.41) is 13.9. The SMILES string of the molecule is O=C(CCCCl)NCc1nnnn1-c1ccc(F)cc1. The summed E-state index contributed by atoms with van der Waals surface area (Å²) in [5.41, 5.74) is 0.626. The molecule has 1 heterocycles. The van der Waals surface area contributed by atoms with Crippen LogP contribution in [0.4, 0.5) is 4.39 Å². The number of nitrogens with one attached hydrogen (secondary N) is 1. The predicted octanol–water partition coefficient (Wildman–Crippen LogP) is 1.44. The van der Waals surface area contributed by atoms with Crippen LogP contribution in [0, 0.1) is 5.82 Å². The van der Waals surface area contributed by atoms with Crippen LogP contribution in [0.1, 0.15) is 18.7 Å². The summed E-state index contributed by atoms with van der Waals surface area (Å²) < 4.78 is 14.3. The van der Waals surface area contributed by atoms with Crippen molar-refractivity contribution in [2.24, 2.45) is 0 Å². The molecule has 1 N–H and O–H groups in total. The second-order valence-electron chi connectivity index (χ2n) is 4.05. The van der Waals surface area contributed by atoms with Crippen LogP contribution in [-0.2, 0) is 11.3 Å². The third kappa shape index (κ3) is 3.74. The molecular formula is C12H13ClFN5O. The third-order valence-corrected chi connectivity index (χ3v) is 2.85. The lowest BCUT2D eigenvalue weighted by molar-refractivity contribution is -0.121. The van der Waals surface area contributed by atoms with Gasteiger partial charge < -0.3 is 5.32 Å². The van der Waals surface area contributed by atoms with E-state index >= 15 is 0 Å². The van der Waals surface area contributed by atoms with Gasteiger partial charge in [-0.15, -0.1) is 16.7 Å². The molecule has 20 heavy (non-hydrogen) atoms. The smallest absolute Gasteiger partial charge is 0.220 e. The average molecular weight is 298 g/mol. The van der Waals surface area contributed by atoms with Crippen LogP contribution in [-0.4, -0.2) is 32.0 Å². The van der Waals surface area contributed by atoms with E-state index in [1.54, 1.807) is 12.1 Å². The molecule has 2 rings (SSSR count). The van der Waals surface area contributed by atoms with Crippen molar-refractivity contribution < 1.29 is 9.18 Å². The van der Waals surface area contributed by atoms with Crippen LogP contribution in [0.5, 0.6) is 0 Å². The van der Waals surface area contributed by atoms with E-state index in [0.717, 1.165) is 0 Å². The standard InChI is InChI=1S/C12H13ClFN5O/c13-7-1-2-12(20)15-8-11-16-17-18-19(11)10-5-3-9(14)4-6-10/h3-6H,1-2,7-8H2,(H,15,20). The van der Waals surface area contributed by atoms with E-state index < -0.39 is 0 Å². The highest BCUT2D eigenvalue weighted by Crippen LogP contribution is 2.09. The molecule has 2 aromatic rings. The zero-order chi connectivity index (χ0) is 14.4. The van der Waals surface area contributed by atoms with E-state index in [-0.39, 0.29) is 18.3 Å². The summed E-state index contributed by atoms with van der Waals surface area (Å²) in [4.78, 5) is 11.5. The van der Waals surface area contributed by atoms with Crippen LogP contribution in [0.3, 0.4) is 0 Å². The number of rotatable bonds is 6. The van der Waals surface area contributed by atoms with Gasteiger partial charge in [-0.25, -0.2) is 4.39 Å². The van der Waals surface area contributed by atoms with E-state index in [9.17, 15) is 9.18 Å². The van der Waals surface area contributed by atoms with Crippen LogP contribution in [0.15, 0.2) is 24.3 Å². The van der Waals surface area contributed by atoms with Crippen LogP contribution in [0.25, 0.3) is 5.69 Å². The van der Waals surface area contributed by atoms with Gasteiger partial charge in [0.2, 0.25) is 5.91 Å². The van der Waals surface area contributed by atoms with Gasteiger partial charge in [-0.1, -0.05) is 0 Å². The molecule has 0 aliphatic heterocycles. The van der Waals surface area contributed by atoms with Crippen LogP contribution < -0.4 is 5.32 Å². The molecule has 0 fully saturated rings. The van der Waals surface area contributed by atoms with Gasteiger partial charge >= 0.3 is 0 Å². The van der Waals surface area contributed by atoms with E-state index in [2.05, 4.69) is 20.8 Å².